The highest BCUT2D eigenvalue weighted by atomic mass is 16.5. The number of rotatable bonds is 7. The van der Waals surface area contributed by atoms with E-state index >= 15 is 0 Å². The van der Waals surface area contributed by atoms with Crippen LogP contribution in [-0.2, 0) is 11.3 Å². The molecule has 0 fully saturated rings. The fourth-order valence-electron chi connectivity index (χ4n) is 3.13. The number of aryl methyl sites for hydroxylation is 1. The van der Waals surface area contributed by atoms with Gasteiger partial charge in [0.25, 0.3) is 5.89 Å². The van der Waals surface area contributed by atoms with Gasteiger partial charge in [-0.05, 0) is 19.1 Å². The highest BCUT2D eigenvalue weighted by Gasteiger charge is 2.16. The standard InChI is InChI=1S/C23H22N4O4/c1-15-6-8-16(9-7-15)22-25-23(31-26-22)20-5-4-10-27(20)14-21(28)24-17-11-18(29-2)13-19(12-17)30-3/h4-13H,14H2,1-3H3,(H,24,28). The minimum Gasteiger partial charge on any atom is -0.497 e. The van der Waals surface area contributed by atoms with Crippen LogP contribution in [0.15, 0.2) is 65.3 Å². The Hall–Kier alpha value is -4.07. The summed E-state index contributed by atoms with van der Waals surface area (Å²) in [5.74, 6) is 1.80. The van der Waals surface area contributed by atoms with Gasteiger partial charge in [-0.15, -0.1) is 0 Å². The molecule has 0 aliphatic heterocycles. The van der Waals surface area contributed by atoms with Gasteiger partial charge >= 0.3 is 0 Å². The van der Waals surface area contributed by atoms with E-state index in [0.717, 1.165) is 11.1 Å². The minimum absolute atomic E-state index is 0.0735. The van der Waals surface area contributed by atoms with Crippen LogP contribution in [0.4, 0.5) is 5.69 Å². The molecule has 0 unspecified atom stereocenters. The maximum atomic E-state index is 12.6. The molecule has 0 spiro atoms. The first-order valence-corrected chi connectivity index (χ1v) is 9.65. The lowest BCUT2D eigenvalue weighted by Gasteiger charge is -2.11. The van der Waals surface area contributed by atoms with E-state index < -0.39 is 0 Å². The van der Waals surface area contributed by atoms with Gasteiger partial charge in [-0.2, -0.15) is 4.98 Å². The van der Waals surface area contributed by atoms with Gasteiger partial charge in [0.15, 0.2) is 0 Å². The second-order valence-electron chi connectivity index (χ2n) is 6.96. The monoisotopic (exact) mass is 418 g/mol. The zero-order chi connectivity index (χ0) is 21.8. The van der Waals surface area contributed by atoms with Crippen LogP contribution < -0.4 is 14.8 Å². The molecule has 0 radical (unpaired) electrons. The van der Waals surface area contributed by atoms with Crippen LogP contribution in [0.1, 0.15) is 5.56 Å². The Kier molecular flexibility index (Phi) is 5.70. The van der Waals surface area contributed by atoms with Crippen molar-refractivity contribution < 1.29 is 18.8 Å². The topological polar surface area (TPSA) is 91.4 Å². The van der Waals surface area contributed by atoms with Crippen LogP contribution in [-0.4, -0.2) is 34.8 Å². The summed E-state index contributed by atoms with van der Waals surface area (Å²) in [4.78, 5) is 17.1. The normalized spacial score (nSPS) is 10.7. The second-order valence-corrected chi connectivity index (χ2v) is 6.96. The zero-order valence-corrected chi connectivity index (χ0v) is 17.5. The number of nitrogens with one attached hydrogen (secondary N) is 1. The fraction of sp³-hybridized carbons (Fsp3) is 0.174. The van der Waals surface area contributed by atoms with Gasteiger partial charge in [0, 0.05) is 35.6 Å². The number of carbonyl (C=O) groups is 1. The summed E-state index contributed by atoms with van der Waals surface area (Å²) < 4.78 is 17.7. The Morgan fingerprint density at radius 2 is 1.77 bits per heavy atom. The summed E-state index contributed by atoms with van der Waals surface area (Å²) in [6.45, 7) is 2.09. The summed E-state index contributed by atoms with van der Waals surface area (Å²) in [7, 11) is 3.11. The third kappa shape index (κ3) is 4.58. The summed E-state index contributed by atoms with van der Waals surface area (Å²) in [5.41, 5.74) is 3.25. The lowest BCUT2D eigenvalue weighted by atomic mass is 10.1. The van der Waals surface area contributed by atoms with Crippen molar-refractivity contribution in [1.29, 1.82) is 0 Å². The van der Waals surface area contributed by atoms with Crippen molar-refractivity contribution in [2.24, 2.45) is 0 Å². The van der Waals surface area contributed by atoms with Crippen molar-refractivity contribution in [2.75, 3.05) is 19.5 Å². The quantitative estimate of drug-likeness (QED) is 0.484. The summed E-state index contributed by atoms with van der Waals surface area (Å²) in [6, 6.07) is 16.7. The summed E-state index contributed by atoms with van der Waals surface area (Å²) in [6.07, 6.45) is 1.79. The molecule has 158 valence electrons. The van der Waals surface area contributed by atoms with Gasteiger partial charge in [0.05, 0.1) is 14.2 Å². The maximum absolute atomic E-state index is 12.6. The first-order chi connectivity index (χ1) is 15.1. The van der Waals surface area contributed by atoms with E-state index in [0.29, 0.717) is 34.6 Å². The molecule has 8 heteroatoms. The van der Waals surface area contributed by atoms with Crippen molar-refractivity contribution in [2.45, 2.75) is 13.5 Å². The fourth-order valence-corrected chi connectivity index (χ4v) is 3.13. The van der Waals surface area contributed by atoms with E-state index in [2.05, 4.69) is 15.5 Å². The van der Waals surface area contributed by atoms with Crippen LogP contribution in [0, 0.1) is 6.92 Å². The SMILES string of the molecule is COc1cc(NC(=O)Cn2cccc2-c2nc(-c3ccc(C)cc3)no2)cc(OC)c1. The third-order valence-corrected chi connectivity index (χ3v) is 4.73. The molecule has 2 aromatic carbocycles. The highest BCUT2D eigenvalue weighted by Crippen LogP contribution is 2.26. The zero-order valence-electron chi connectivity index (χ0n) is 17.5. The van der Waals surface area contributed by atoms with Crippen molar-refractivity contribution in [3.8, 4) is 34.5 Å². The summed E-state index contributed by atoms with van der Waals surface area (Å²) in [5, 5.41) is 6.93. The van der Waals surface area contributed by atoms with E-state index in [9.17, 15) is 4.79 Å². The van der Waals surface area contributed by atoms with Crippen molar-refractivity contribution in [1.82, 2.24) is 14.7 Å². The number of anilines is 1. The molecule has 0 aliphatic rings. The van der Waals surface area contributed by atoms with Gasteiger partial charge in [-0.25, -0.2) is 0 Å². The molecule has 2 heterocycles. The van der Waals surface area contributed by atoms with Crippen LogP contribution in [0.5, 0.6) is 11.5 Å². The molecular weight excluding hydrogens is 396 g/mol. The first kappa shape index (κ1) is 20.2. The number of ether oxygens (including phenoxy) is 2. The van der Waals surface area contributed by atoms with Gasteiger partial charge in [-0.3, -0.25) is 4.79 Å². The number of methoxy groups -OCH3 is 2. The Balaban J connectivity index is 1.50. The van der Waals surface area contributed by atoms with E-state index in [1.54, 1.807) is 43.2 Å². The highest BCUT2D eigenvalue weighted by molar-refractivity contribution is 5.91. The lowest BCUT2D eigenvalue weighted by Crippen LogP contribution is -2.18. The number of amides is 1. The van der Waals surface area contributed by atoms with Crippen molar-refractivity contribution in [3.63, 3.8) is 0 Å². The predicted octanol–water partition coefficient (Wildman–Crippen LogP) is 4.17. The van der Waals surface area contributed by atoms with Crippen molar-refractivity contribution in [3.05, 3.63) is 66.4 Å². The molecule has 4 rings (SSSR count). The molecule has 4 aromatic rings. The van der Waals surface area contributed by atoms with Crippen LogP contribution in [0.2, 0.25) is 0 Å². The minimum atomic E-state index is -0.217. The molecule has 31 heavy (non-hydrogen) atoms. The van der Waals surface area contributed by atoms with Crippen LogP contribution >= 0.6 is 0 Å². The second kappa shape index (κ2) is 8.74. The molecule has 0 aliphatic carbocycles. The number of nitrogens with zero attached hydrogens (tertiary/aromatic N) is 3. The van der Waals surface area contributed by atoms with Gasteiger partial charge in [-0.1, -0.05) is 35.0 Å². The largest absolute Gasteiger partial charge is 0.497 e. The molecule has 1 N–H and O–H groups in total. The molecule has 1 amide bonds. The van der Waals surface area contributed by atoms with Gasteiger partial charge in [0.1, 0.15) is 23.7 Å². The van der Waals surface area contributed by atoms with Crippen LogP contribution in [0.25, 0.3) is 23.0 Å². The predicted molar refractivity (Wildman–Crippen MR) is 116 cm³/mol. The van der Waals surface area contributed by atoms with Gasteiger partial charge < -0.3 is 23.9 Å². The molecule has 0 saturated carbocycles. The number of aromatic nitrogens is 3. The van der Waals surface area contributed by atoms with E-state index in [1.165, 1.54) is 0 Å². The number of hydrogen-bond acceptors (Lipinski definition) is 6. The van der Waals surface area contributed by atoms with Crippen molar-refractivity contribution >= 4 is 11.6 Å². The molecule has 0 saturated heterocycles. The Morgan fingerprint density at radius 3 is 2.45 bits per heavy atom. The van der Waals surface area contributed by atoms with E-state index in [4.69, 9.17) is 14.0 Å². The first-order valence-electron chi connectivity index (χ1n) is 9.65. The average Bonchev–Trinajstić information content (AvgIpc) is 3.43. The van der Waals surface area contributed by atoms with E-state index in [1.807, 2.05) is 43.3 Å². The third-order valence-electron chi connectivity index (χ3n) is 4.73. The number of hydrogen-bond donors (Lipinski definition) is 1. The molecule has 0 atom stereocenters. The van der Waals surface area contributed by atoms with E-state index in [-0.39, 0.29) is 12.5 Å². The Bertz CT molecular complexity index is 1170. The molecule has 2 aromatic heterocycles. The number of carbonyl (C=O) groups excluding carboxylic acids is 1. The van der Waals surface area contributed by atoms with Crippen LogP contribution in [0.3, 0.4) is 0 Å². The molecule has 0 bridgehead atoms. The van der Waals surface area contributed by atoms with Gasteiger partial charge in [0.2, 0.25) is 11.7 Å². The maximum Gasteiger partial charge on any atom is 0.274 e. The Morgan fingerprint density at radius 1 is 1.06 bits per heavy atom. The molecule has 8 nitrogen and oxygen atoms in total. The Labute approximate surface area is 179 Å². The molecular formula is C23H22N4O4. The number of benzene rings is 2. The average molecular weight is 418 g/mol. The lowest BCUT2D eigenvalue weighted by molar-refractivity contribution is -0.116. The smallest absolute Gasteiger partial charge is 0.274 e. The summed E-state index contributed by atoms with van der Waals surface area (Å²) >= 11 is 0.